The molecule has 0 heterocycles. The van der Waals surface area contributed by atoms with E-state index in [4.69, 9.17) is 0 Å². The Morgan fingerprint density at radius 3 is 0.891 bits per heavy atom. The Kier molecular flexibility index (Phi) is 40.7. The van der Waals surface area contributed by atoms with Crippen LogP contribution in [0.15, 0.2) is 0 Å². The molecular formula is C42H90Cl2N2. The average molecular weight is 694 g/mol. The highest BCUT2D eigenvalue weighted by atomic mass is 35.5. The topological polar surface area (TPSA) is 0 Å². The van der Waals surface area contributed by atoms with Gasteiger partial charge in [0.1, 0.15) is 12.6 Å². The lowest BCUT2D eigenvalue weighted by Gasteiger charge is -2.42. The van der Waals surface area contributed by atoms with Crippen LogP contribution in [0.3, 0.4) is 0 Å². The van der Waals surface area contributed by atoms with Crippen LogP contribution in [-0.2, 0) is 0 Å². The quantitative estimate of drug-likeness (QED) is 0.0467. The molecule has 4 heteroatoms. The minimum Gasteiger partial charge on any atom is -1.00 e. The van der Waals surface area contributed by atoms with Gasteiger partial charge in [0.15, 0.2) is 0 Å². The molecule has 0 amide bonds. The molecule has 0 N–H and O–H groups in total. The predicted molar refractivity (Wildman–Crippen MR) is 203 cm³/mol. The molecule has 0 bridgehead atoms. The van der Waals surface area contributed by atoms with E-state index in [1.54, 1.807) is 0 Å². The normalized spacial score (nSPS) is 12.6. The summed E-state index contributed by atoms with van der Waals surface area (Å²) < 4.78 is 2.41. The molecule has 0 aromatic carbocycles. The summed E-state index contributed by atoms with van der Waals surface area (Å²) in [5, 5.41) is 0. The zero-order valence-electron chi connectivity index (χ0n) is 33.3. The summed E-state index contributed by atoms with van der Waals surface area (Å²) in [5.41, 5.74) is 0. The SMILES string of the molecule is CCCCCCCCCCCCCCCCCC[N+](C)(C)CC(CCCCCCCCCCCCCCCC)[N+](C)(C)CC.[Cl-].[Cl-]. The Morgan fingerprint density at radius 1 is 0.348 bits per heavy atom. The van der Waals surface area contributed by atoms with Gasteiger partial charge in [-0.3, -0.25) is 0 Å². The van der Waals surface area contributed by atoms with Crippen LogP contribution in [0.4, 0.5) is 0 Å². The number of unbranched alkanes of at least 4 members (excludes halogenated alkanes) is 28. The summed E-state index contributed by atoms with van der Waals surface area (Å²) in [6, 6.07) is 0.799. The van der Waals surface area contributed by atoms with Gasteiger partial charge in [-0.15, -0.1) is 0 Å². The van der Waals surface area contributed by atoms with Gasteiger partial charge in [-0.05, 0) is 26.2 Å². The Balaban J connectivity index is -0.00000924. The number of hydrogen-bond donors (Lipinski definition) is 0. The van der Waals surface area contributed by atoms with E-state index in [9.17, 15) is 0 Å². The van der Waals surface area contributed by atoms with E-state index < -0.39 is 0 Å². The molecule has 1 unspecified atom stereocenters. The number of hydrogen-bond acceptors (Lipinski definition) is 0. The smallest absolute Gasteiger partial charge is 0.138 e. The molecule has 46 heavy (non-hydrogen) atoms. The first kappa shape index (κ1) is 50.9. The first-order valence-electron chi connectivity index (χ1n) is 20.9. The van der Waals surface area contributed by atoms with Gasteiger partial charge in [-0.1, -0.05) is 187 Å². The predicted octanol–water partition coefficient (Wildman–Crippen LogP) is 7.67. The molecule has 0 saturated carbocycles. The third-order valence-electron chi connectivity index (χ3n) is 11.0. The van der Waals surface area contributed by atoms with Crippen LogP contribution in [0.2, 0.25) is 0 Å². The Hall–Kier alpha value is 0.500. The number of quaternary nitrogens is 2. The lowest BCUT2D eigenvalue weighted by Crippen LogP contribution is -3.00. The second kappa shape index (κ2) is 36.8. The molecule has 1 atom stereocenters. The molecule has 0 aromatic heterocycles. The van der Waals surface area contributed by atoms with Gasteiger partial charge in [0, 0.05) is 6.42 Å². The third-order valence-corrected chi connectivity index (χ3v) is 11.0. The number of nitrogens with zero attached hydrogens (tertiary/aromatic N) is 2. The van der Waals surface area contributed by atoms with E-state index >= 15 is 0 Å². The van der Waals surface area contributed by atoms with Gasteiger partial charge in [0.25, 0.3) is 0 Å². The first-order chi connectivity index (χ1) is 21.3. The fraction of sp³-hybridized carbons (Fsp3) is 1.00. The monoisotopic (exact) mass is 693 g/mol. The van der Waals surface area contributed by atoms with E-state index in [0.717, 1.165) is 6.04 Å². The van der Waals surface area contributed by atoms with E-state index in [1.807, 2.05) is 0 Å². The van der Waals surface area contributed by atoms with Crippen LogP contribution in [0, 0.1) is 0 Å². The van der Waals surface area contributed by atoms with Crippen molar-refractivity contribution >= 4 is 0 Å². The van der Waals surface area contributed by atoms with E-state index in [2.05, 4.69) is 49.0 Å². The Morgan fingerprint density at radius 2 is 0.609 bits per heavy atom. The van der Waals surface area contributed by atoms with Gasteiger partial charge in [-0.2, -0.15) is 0 Å². The Labute approximate surface area is 306 Å². The number of halogens is 2. The second-order valence-corrected chi connectivity index (χ2v) is 16.3. The first-order valence-corrected chi connectivity index (χ1v) is 20.9. The maximum atomic E-state index is 2.51. The molecule has 0 aliphatic rings. The summed E-state index contributed by atoms with van der Waals surface area (Å²) in [6.45, 7) is 11.0. The minimum atomic E-state index is 0. The standard InChI is InChI=1S/C42H90N2.2ClH/c1-8-11-13-15-17-19-21-23-25-26-28-30-32-34-36-38-40-43(4,5)41-42(44(6,7)10-3)39-37-35-33-31-29-27-24-22-20-18-16-14-12-9-2;;/h42H,8-41H2,1-7H3;2*1H/q+2;;/p-2. The summed E-state index contributed by atoms with van der Waals surface area (Å²) in [5.74, 6) is 0. The van der Waals surface area contributed by atoms with Crippen LogP contribution >= 0.6 is 0 Å². The molecule has 282 valence electrons. The van der Waals surface area contributed by atoms with E-state index in [-0.39, 0.29) is 24.8 Å². The van der Waals surface area contributed by atoms with Crippen molar-refractivity contribution in [3.05, 3.63) is 0 Å². The highest BCUT2D eigenvalue weighted by Gasteiger charge is 2.32. The van der Waals surface area contributed by atoms with Crippen molar-refractivity contribution in [3.8, 4) is 0 Å². The summed E-state index contributed by atoms with van der Waals surface area (Å²) in [4.78, 5) is 0. The molecule has 0 rings (SSSR count). The van der Waals surface area contributed by atoms with Crippen molar-refractivity contribution in [2.24, 2.45) is 0 Å². The maximum absolute atomic E-state index is 2.51. The van der Waals surface area contributed by atoms with Gasteiger partial charge in [0.2, 0.25) is 0 Å². The van der Waals surface area contributed by atoms with Crippen molar-refractivity contribution in [1.29, 1.82) is 0 Å². The number of rotatable bonds is 36. The van der Waals surface area contributed by atoms with Gasteiger partial charge >= 0.3 is 0 Å². The van der Waals surface area contributed by atoms with Crippen molar-refractivity contribution in [2.45, 2.75) is 226 Å². The second-order valence-electron chi connectivity index (χ2n) is 16.3. The lowest BCUT2D eigenvalue weighted by atomic mass is 10.0. The highest BCUT2D eigenvalue weighted by molar-refractivity contribution is 4.61. The highest BCUT2D eigenvalue weighted by Crippen LogP contribution is 2.21. The molecule has 0 spiro atoms. The molecule has 0 aliphatic carbocycles. The maximum Gasteiger partial charge on any atom is 0.138 e. The lowest BCUT2D eigenvalue weighted by molar-refractivity contribution is -0.964. The molecule has 0 radical (unpaired) electrons. The van der Waals surface area contributed by atoms with Crippen molar-refractivity contribution < 1.29 is 33.8 Å². The van der Waals surface area contributed by atoms with Crippen LogP contribution in [-0.4, -0.2) is 62.8 Å². The van der Waals surface area contributed by atoms with E-state index in [0.29, 0.717) is 0 Å². The fourth-order valence-electron chi connectivity index (χ4n) is 7.24. The van der Waals surface area contributed by atoms with E-state index in [1.165, 1.54) is 228 Å². The van der Waals surface area contributed by atoms with Crippen molar-refractivity contribution in [1.82, 2.24) is 0 Å². The summed E-state index contributed by atoms with van der Waals surface area (Å²) in [7, 11) is 10.0. The average Bonchev–Trinajstić information content (AvgIpc) is 3.00. The summed E-state index contributed by atoms with van der Waals surface area (Å²) >= 11 is 0. The molecule has 0 aliphatic heterocycles. The Bertz CT molecular complexity index is 566. The van der Waals surface area contributed by atoms with Crippen LogP contribution in [0.25, 0.3) is 0 Å². The molecular weight excluding hydrogens is 603 g/mol. The number of likely N-dealkylation sites (N-methyl/N-ethyl adjacent to an activating group) is 2. The zero-order chi connectivity index (χ0) is 32.6. The van der Waals surface area contributed by atoms with Gasteiger partial charge < -0.3 is 33.8 Å². The fourth-order valence-corrected chi connectivity index (χ4v) is 7.24. The largest absolute Gasteiger partial charge is 1.00 e. The van der Waals surface area contributed by atoms with Crippen LogP contribution in [0.5, 0.6) is 0 Å². The molecule has 2 nitrogen and oxygen atoms in total. The zero-order valence-corrected chi connectivity index (χ0v) is 34.8. The third kappa shape index (κ3) is 34.4. The van der Waals surface area contributed by atoms with Gasteiger partial charge in [-0.25, -0.2) is 0 Å². The molecule has 0 saturated heterocycles. The summed E-state index contributed by atoms with van der Waals surface area (Å²) in [6.07, 6.45) is 45.1. The minimum absolute atomic E-state index is 0. The van der Waals surface area contributed by atoms with Gasteiger partial charge in [0.05, 0.1) is 41.3 Å². The van der Waals surface area contributed by atoms with Crippen molar-refractivity contribution in [3.63, 3.8) is 0 Å². The van der Waals surface area contributed by atoms with Crippen molar-refractivity contribution in [2.75, 3.05) is 47.8 Å². The molecule has 0 fully saturated rings. The molecule has 0 aromatic rings. The van der Waals surface area contributed by atoms with Crippen LogP contribution in [0.1, 0.15) is 220 Å². The van der Waals surface area contributed by atoms with Crippen LogP contribution < -0.4 is 24.8 Å².